The molecule has 2 aromatic carbocycles. The van der Waals surface area contributed by atoms with Gasteiger partial charge in [0.1, 0.15) is 24.1 Å². The molecule has 0 saturated heterocycles. The normalized spacial score (nSPS) is 13.8. The van der Waals surface area contributed by atoms with Crippen LogP contribution in [-0.4, -0.2) is 32.7 Å². The van der Waals surface area contributed by atoms with Gasteiger partial charge in [0.25, 0.3) is 11.8 Å². The lowest BCUT2D eigenvalue weighted by molar-refractivity contribution is 0.102. The average Bonchev–Trinajstić information content (AvgIpc) is 3.59. The molecule has 0 aliphatic heterocycles. The van der Waals surface area contributed by atoms with Gasteiger partial charge in [-0.25, -0.2) is 14.1 Å². The molecule has 2 N–H and O–H groups in total. The number of anilines is 2. The maximum Gasteiger partial charge on any atom is 0.265 e. The van der Waals surface area contributed by atoms with Crippen molar-refractivity contribution in [1.82, 2.24) is 14.8 Å². The number of carbonyl (C=O) groups excluding carboxylic acids is 2. The Balaban J connectivity index is 1.23. The summed E-state index contributed by atoms with van der Waals surface area (Å²) >= 11 is 1.05. The van der Waals surface area contributed by atoms with Gasteiger partial charge >= 0.3 is 0 Å². The Morgan fingerprint density at radius 2 is 1.72 bits per heavy atom. The SMILES string of the molecule is O=C(Nc1ccc(-n2cncn2)c(F)c1)c1ccc(C(=O)Nc2ccccc2OC2CCCCC2)s1. The third-order valence-electron chi connectivity index (χ3n) is 5.91. The van der Waals surface area contributed by atoms with Gasteiger partial charge in [-0.15, -0.1) is 11.3 Å². The van der Waals surface area contributed by atoms with Crippen LogP contribution in [0.2, 0.25) is 0 Å². The molecule has 2 aromatic heterocycles. The molecule has 4 aromatic rings. The summed E-state index contributed by atoms with van der Waals surface area (Å²) in [5, 5.41) is 9.46. The van der Waals surface area contributed by atoms with Crippen LogP contribution in [0.25, 0.3) is 5.69 Å². The lowest BCUT2D eigenvalue weighted by atomic mass is 9.98. The monoisotopic (exact) mass is 505 g/mol. The number of amides is 2. The number of para-hydroxylation sites is 2. The Morgan fingerprint density at radius 3 is 2.44 bits per heavy atom. The summed E-state index contributed by atoms with van der Waals surface area (Å²) in [5.74, 6) is -0.683. The summed E-state index contributed by atoms with van der Waals surface area (Å²) in [4.78, 5) is 30.1. The zero-order chi connectivity index (χ0) is 24.9. The molecule has 0 atom stereocenters. The maximum atomic E-state index is 14.5. The molecule has 2 amide bonds. The van der Waals surface area contributed by atoms with Gasteiger partial charge in [0, 0.05) is 5.69 Å². The molecule has 1 aliphatic rings. The van der Waals surface area contributed by atoms with E-state index in [4.69, 9.17) is 4.74 Å². The van der Waals surface area contributed by atoms with Crippen LogP contribution in [0.15, 0.2) is 67.3 Å². The quantitative estimate of drug-likeness (QED) is 0.337. The standard InChI is InChI=1S/C26H24FN5O3S/c27-19-14-17(10-11-21(19)32-16-28-15-29-32)30-25(33)23-12-13-24(36-23)26(34)31-20-8-4-5-9-22(20)35-18-6-2-1-3-7-18/h4-5,8-16,18H,1-3,6-7H2,(H,30,33)(H,31,34). The van der Waals surface area contributed by atoms with Crippen LogP contribution >= 0.6 is 11.3 Å². The minimum absolute atomic E-state index is 0.156. The predicted molar refractivity (Wildman–Crippen MR) is 135 cm³/mol. The number of thiophene rings is 1. The molecule has 8 nitrogen and oxygen atoms in total. The van der Waals surface area contributed by atoms with E-state index in [9.17, 15) is 14.0 Å². The predicted octanol–water partition coefficient (Wildman–Crippen LogP) is 5.68. The number of carbonyl (C=O) groups is 2. The molecule has 36 heavy (non-hydrogen) atoms. The van der Waals surface area contributed by atoms with E-state index in [1.165, 1.54) is 35.9 Å². The highest BCUT2D eigenvalue weighted by Crippen LogP contribution is 2.30. The van der Waals surface area contributed by atoms with Gasteiger partial charge in [-0.2, -0.15) is 5.10 Å². The number of benzene rings is 2. The molecular weight excluding hydrogens is 481 g/mol. The summed E-state index contributed by atoms with van der Waals surface area (Å²) in [6.45, 7) is 0. The van der Waals surface area contributed by atoms with E-state index in [0.717, 1.165) is 37.0 Å². The highest BCUT2D eigenvalue weighted by Gasteiger charge is 2.19. The highest BCUT2D eigenvalue weighted by atomic mass is 32.1. The van der Waals surface area contributed by atoms with Crippen molar-refractivity contribution in [2.75, 3.05) is 10.6 Å². The number of aromatic nitrogens is 3. The summed E-state index contributed by atoms with van der Waals surface area (Å²) in [6, 6.07) is 14.8. The van der Waals surface area contributed by atoms with Gasteiger partial charge in [-0.1, -0.05) is 18.6 Å². The fraction of sp³-hybridized carbons (Fsp3) is 0.231. The molecule has 1 fully saturated rings. The van der Waals surface area contributed by atoms with E-state index in [0.29, 0.717) is 21.2 Å². The van der Waals surface area contributed by atoms with E-state index >= 15 is 0 Å². The van der Waals surface area contributed by atoms with Crippen LogP contribution in [0, 0.1) is 5.82 Å². The zero-order valence-corrected chi connectivity index (χ0v) is 20.1. The number of nitrogens with zero attached hydrogens (tertiary/aromatic N) is 3. The molecule has 5 rings (SSSR count). The Hall–Kier alpha value is -4.05. The van der Waals surface area contributed by atoms with Crippen LogP contribution in [0.1, 0.15) is 51.4 Å². The van der Waals surface area contributed by atoms with Gasteiger partial charge in [0.2, 0.25) is 0 Å². The first-order chi connectivity index (χ1) is 17.6. The van der Waals surface area contributed by atoms with Crippen LogP contribution in [-0.2, 0) is 0 Å². The molecular formula is C26H24FN5O3S. The third kappa shape index (κ3) is 5.44. The minimum Gasteiger partial charge on any atom is -0.488 e. The van der Waals surface area contributed by atoms with Crippen molar-refractivity contribution in [3.63, 3.8) is 0 Å². The summed E-state index contributed by atoms with van der Waals surface area (Å²) in [6.07, 6.45) is 8.41. The van der Waals surface area contributed by atoms with Crippen LogP contribution in [0.4, 0.5) is 15.8 Å². The van der Waals surface area contributed by atoms with Crippen molar-refractivity contribution >= 4 is 34.5 Å². The first-order valence-electron chi connectivity index (χ1n) is 11.7. The summed E-state index contributed by atoms with van der Waals surface area (Å²) in [5.41, 5.74) is 1.10. The van der Waals surface area contributed by atoms with E-state index in [2.05, 4.69) is 20.7 Å². The number of nitrogens with one attached hydrogen (secondary N) is 2. The van der Waals surface area contributed by atoms with Crippen LogP contribution in [0.5, 0.6) is 5.75 Å². The van der Waals surface area contributed by atoms with Crippen molar-refractivity contribution in [2.24, 2.45) is 0 Å². The summed E-state index contributed by atoms with van der Waals surface area (Å²) < 4.78 is 21.9. The number of halogens is 1. The van der Waals surface area contributed by atoms with Crippen molar-refractivity contribution in [3.8, 4) is 11.4 Å². The van der Waals surface area contributed by atoms with Crippen molar-refractivity contribution in [1.29, 1.82) is 0 Å². The van der Waals surface area contributed by atoms with Gasteiger partial charge in [-0.05, 0) is 68.1 Å². The topological polar surface area (TPSA) is 98.1 Å². The van der Waals surface area contributed by atoms with Crippen LogP contribution in [0.3, 0.4) is 0 Å². The molecule has 184 valence electrons. The van der Waals surface area contributed by atoms with Crippen molar-refractivity contribution in [3.05, 3.63) is 82.8 Å². The summed E-state index contributed by atoms with van der Waals surface area (Å²) in [7, 11) is 0. The number of rotatable bonds is 7. The highest BCUT2D eigenvalue weighted by molar-refractivity contribution is 7.16. The van der Waals surface area contributed by atoms with E-state index in [1.54, 1.807) is 24.3 Å². The second-order valence-corrected chi connectivity index (χ2v) is 9.54. The Bertz CT molecular complexity index is 1370. The van der Waals surface area contributed by atoms with Gasteiger partial charge in [-0.3, -0.25) is 9.59 Å². The molecule has 10 heteroatoms. The first-order valence-corrected chi connectivity index (χ1v) is 12.5. The minimum atomic E-state index is -0.557. The molecule has 2 heterocycles. The van der Waals surface area contributed by atoms with Crippen LogP contribution < -0.4 is 15.4 Å². The van der Waals surface area contributed by atoms with E-state index < -0.39 is 11.7 Å². The molecule has 0 unspecified atom stereocenters. The number of hydrogen-bond donors (Lipinski definition) is 2. The maximum absolute atomic E-state index is 14.5. The molecule has 0 spiro atoms. The molecule has 0 bridgehead atoms. The third-order valence-corrected chi connectivity index (χ3v) is 6.99. The molecule has 1 aliphatic carbocycles. The van der Waals surface area contributed by atoms with E-state index in [1.807, 2.05) is 18.2 Å². The Labute approximate surface area is 211 Å². The fourth-order valence-corrected chi connectivity index (χ4v) is 4.89. The van der Waals surface area contributed by atoms with Gasteiger partial charge < -0.3 is 15.4 Å². The average molecular weight is 506 g/mol. The zero-order valence-electron chi connectivity index (χ0n) is 19.3. The Morgan fingerprint density at radius 1 is 0.972 bits per heavy atom. The Kier molecular flexibility index (Phi) is 7.03. The smallest absolute Gasteiger partial charge is 0.265 e. The number of ether oxygens (including phenoxy) is 1. The first kappa shape index (κ1) is 23.7. The van der Waals surface area contributed by atoms with Crippen molar-refractivity contribution < 1.29 is 18.7 Å². The van der Waals surface area contributed by atoms with Gasteiger partial charge in [0.15, 0.2) is 5.82 Å². The molecule has 0 radical (unpaired) electrons. The largest absolute Gasteiger partial charge is 0.488 e. The molecule has 1 saturated carbocycles. The van der Waals surface area contributed by atoms with Gasteiger partial charge in [0.05, 0.1) is 21.5 Å². The fourth-order valence-electron chi connectivity index (χ4n) is 4.10. The second-order valence-electron chi connectivity index (χ2n) is 8.45. The lowest BCUT2D eigenvalue weighted by Gasteiger charge is -2.24. The second kappa shape index (κ2) is 10.7. The number of hydrogen-bond acceptors (Lipinski definition) is 6. The van der Waals surface area contributed by atoms with Crippen molar-refractivity contribution in [2.45, 2.75) is 38.2 Å². The van der Waals surface area contributed by atoms with E-state index in [-0.39, 0.29) is 23.4 Å². The lowest BCUT2D eigenvalue weighted by Crippen LogP contribution is -2.20.